The Kier molecular flexibility index (Phi) is 3.84. The van der Waals surface area contributed by atoms with Gasteiger partial charge in [0.05, 0.1) is 0 Å². The molecule has 1 fully saturated rings. The lowest BCUT2D eigenvalue weighted by atomic mass is 9.82. The summed E-state index contributed by atoms with van der Waals surface area (Å²) in [6.07, 6.45) is 1.85. The zero-order chi connectivity index (χ0) is 21.9. The first kappa shape index (κ1) is 17.4. The van der Waals surface area contributed by atoms with Gasteiger partial charge in [-0.25, -0.2) is 0 Å². The third-order valence-corrected chi connectivity index (χ3v) is 6.85. The quantitative estimate of drug-likeness (QED) is 0.362. The minimum absolute atomic E-state index is 0.0501. The fourth-order valence-corrected chi connectivity index (χ4v) is 5.04. The first-order chi connectivity index (χ1) is 15.5. The van der Waals surface area contributed by atoms with Crippen molar-refractivity contribution in [2.24, 2.45) is 0 Å². The van der Waals surface area contributed by atoms with Gasteiger partial charge in [-0.15, -0.1) is 0 Å². The largest absolute Gasteiger partial charge is 0.355 e. The number of anilines is 2. The molecule has 1 nitrogen and oxygen atoms in total. The zero-order valence-corrected chi connectivity index (χ0v) is 18.1. The first-order valence-corrected chi connectivity index (χ1v) is 11.2. The average molecular weight is 403 g/mol. The number of hydrogen-bond acceptors (Lipinski definition) is 1. The lowest BCUT2D eigenvalue weighted by Gasteiger charge is -2.23. The fourth-order valence-electron chi connectivity index (χ4n) is 5.04. The van der Waals surface area contributed by atoms with Crippen LogP contribution >= 0.6 is 0 Å². The summed E-state index contributed by atoms with van der Waals surface area (Å²) in [6, 6.07) is 32.4. The summed E-state index contributed by atoms with van der Waals surface area (Å²) in [5.74, 6) is -0.476. The molecule has 0 aliphatic heterocycles. The number of fused-ring (bicyclic) bond motifs is 3. The maximum absolute atomic E-state index is 8.97. The Labute approximate surface area is 186 Å². The van der Waals surface area contributed by atoms with E-state index in [0.29, 0.717) is 0 Å². The minimum Gasteiger partial charge on any atom is -0.355 e. The van der Waals surface area contributed by atoms with Gasteiger partial charge in [-0.2, -0.15) is 0 Å². The van der Waals surface area contributed by atoms with E-state index in [0.717, 1.165) is 29.8 Å². The normalized spacial score (nSPS) is 17.4. The van der Waals surface area contributed by atoms with Crippen LogP contribution in [0.3, 0.4) is 0 Å². The number of hydrogen-bond donors (Lipinski definition) is 1. The van der Waals surface area contributed by atoms with E-state index in [9.17, 15) is 0 Å². The molecule has 0 heterocycles. The van der Waals surface area contributed by atoms with Crippen LogP contribution in [0.2, 0.25) is 0 Å². The summed E-state index contributed by atoms with van der Waals surface area (Å²) in [6.45, 7) is 4.62. The molecule has 6 rings (SSSR count). The molecule has 0 spiro atoms. The zero-order valence-electron chi connectivity index (χ0n) is 19.1. The van der Waals surface area contributed by atoms with Crippen LogP contribution in [-0.4, -0.2) is 0 Å². The van der Waals surface area contributed by atoms with Gasteiger partial charge in [-0.1, -0.05) is 80.6 Å². The summed E-state index contributed by atoms with van der Waals surface area (Å²) in [5, 5.41) is 3.70. The molecule has 0 atom stereocenters. The van der Waals surface area contributed by atoms with Crippen molar-refractivity contribution in [2.45, 2.75) is 38.0 Å². The van der Waals surface area contributed by atoms with E-state index < -0.39 is 5.89 Å². The summed E-state index contributed by atoms with van der Waals surface area (Å²) < 4.78 is 8.97. The molecule has 4 aromatic carbocycles. The summed E-state index contributed by atoms with van der Waals surface area (Å²) in [5.41, 5.74) is 10.9. The van der Waals surface area contributed by atoms with Crippen LogP contribution in [0.25, 0.3) is 22.3 Å². The Morgan fingerprint density at radius 1 is 0.742 bits per heavy atom. The topological polar surface area (TPSA) is 12.0 Å². The molecule has 31 heavy (non-hydrogen) atoms. The molecule has 4 aromatic rings. The average Bonchev–Trinajstić information content (AvgIpc) is 3.53. The van der Waals surface area contributed by atoms with Gasteiger partial charge in [0.15, 0.2) is 0 Å². The molecular formula is C30H27N. The number of rotatable bonds is 4. The van der Waals surface area contributed by atoms with Crippen molar-refractivity contribution >= 4 is 11.4 Å². The van der Waals surface area contributed by atoms with E-state index in [2.05, 4.69) is 104 Å². The van der Waals surface area contributed by atoms with Crippen molar-refractivity contribution in [3.8, 4) is 22.3 Å². The second kappa shape index (κ2) is 6.85. The smallest absolute Gasteiger partial charge is 0.0423 e. The van der Waals surface area contributed by atoms with Crippen molar-refractivity contribution in [2.75, 3.05) is 5.32 Å². The molecule has 1 N–H and O–H groups in total. The van der Waals surface area contributed by atoms with Gasteiger partial charge >= 0.3 is 0 Å². The second-order valence-electron chi connectivity index (χ2n) is 9.29. The Hall–Kier alpha value is -3.32. The van der Waals surface area contributed by atoms with Crippen molar-refractivity contribution in [1.29, 1.82) is 0 Å². The molecule has 1 heteroatoms. The summed E-state index contributed by atoms with van der Waals surface area (Å²) in [4.78, 5) is 0. The van der Waals surface area contributed by atoms with Crippen LogP contribution in [0, 0.1) is 0 Å². The Morgan fingerprint density at radius 2 is 1.48 bits per heavy atom. The molecule has 0 unspecified atom stereocenters. The highest BCUT2D eigenvalue weighted by atomic mass is 14.9. The van der Waals surface area contributed by atoms with Gasteiger partial charge in [-0.05, 0) is 81.9 Å². The monoisotopic (exact) mass is 402 g/mol. The van der Waals surface area contributed by atoms with Gasteiger partial charge in [0, 0.05) is 18.2 Å². The third kappa shape index (κ3) is 3.08. The van der Waals surface area contributed by atoms with E-state index in [4.69, 9.17) is 1.37 Å². The molecular weight excluding hydrogens is 374 g/mol. The third-order valence-electron chi connectivity index (χ3n) is 6.85. The molecule has 0 aromatic heterocycles. The van der Waals surface area contributed by atoms with Crippen LogP contribution in [0.4, 0.5) is 11.4 Å². The SMILES string of the molecule is [2H]C1(c2cc3c(cc2Nc2cccc(-c4ccccc4)c2)C(C)(C)c2ccccc2-3)CC1. The highest BCUT2D eigenvalue weighted by Gasteiger charge is 2.37. The van der Waals surface area contributed by atoms with Gasteiger partial charge in [0.1, 0.15) is 0 Å². The molecule has 0 bridgehead atoms. The van der Waals surface area contributed by atoms with Crippen molar-refractivity contribution in [1.82, 2.24) is 0 Å². The Morgan fingerprint density at radius 3 is 2.29 bits per heavy atom. The van der Waals surface area contributed by atoms with Crippen LogP contribution in [-0.2, 0) is 5.41 Å². The van der Waals surface area contributed by atoms with E-state index >= 15 is 0 Å². The van der Waals surface area contributed by atoms with Gasteiger partial charge in [0.2, 0.25) is 0 Å². The van der Waals surface area contributed by atoms with Gasteiger partial charge < -0.3 is 5.32 Å². The first-order valence-electron chi connectivity index (χ1n) is 11.7. The minimum atomic E-state index is -0.476. The predicted molar refractivity (Wildman–Crippen MR) is 131 cm³/mol. The molecule has 152 valence electrons. The summed E-state index contributed by atoms with van der Waals surface area (Å²) in [7, 11) is 0. The van der Waals surface area contributed by atoms with E-state index in [1.807, 2.05) is 6.07 Å². The maximum atomic E-state index is 8.97. The van der Waals surface area contributed by atoms with Gasteiger partial charge in [0.25, 0.3) is 0 Å². The van der Waals surface area contributed by atoms with Crippen molar-refractivity contribution in [3.05, 3.63) is 108 Å². The van der Waals surface area contributed by atoms with Crippen LogP contribution in [0.5, 0.6) is 0 Å². The maximum Gasteiger partial charge on any atom is 0.0423 e. The fraction of sp³-hybridized carbons (Fsp3) is 0.200. The van der Waals surface area contributed by atoms with E-state index in [-0.39, 0.29) is 5.41 Å². The molecule has 2 aliphatic rings. The van der Waals surface area contributed by atoms with Crippen LogP contribution < -0.4 is 5.32 Å². The molecule has 1 saturated carbocycles. The van der Waals surface area contributed by atoms with Crippen LogP contribution in [0.15, 0.2) is 91.0 Å². The number of nitrogens with one attached hydrogen (secondary N) is 1. The molecule has 0 saturated heterocycles. The number of benzene rings is 4. The van der Waals surface area contributed by atoms with Gasteiger partial charge in [-0.3, -0.25) is 0 Å². The Balaban J connectivity index is 1.47. The van der Waals surface area contributed by atoms with Crippen molar-refractivity contribution in [3.63, 3.8) is 0 Å². The highest BCUT2D eigenvalue weighted by molar-refractivity contribution is 5.85. The standard InChI is InChI=1S/C30H27N/c1-30(2)27-14-7-6-13-24(27)26-18-25(21-15-16-21)29(19-28(26)30)31-23-12-8-11-22(17-23)20-9-4-3-5-10-20/h3-14,17-19,21,31H,15-16H2,1-2H3/i21D. The lowest BCUT2D eigenvalue weighted by molar-refractivity contribution is 0.660. The van der Waals surface area contributed by atoms with E-state index in [1.54, 1.807) is 0 Å². The van der Waals surface area contributed by atoms with E-state index in [1.165, 1.54) is 33.4 Å². The Bertz CT molecular complexity index is 1330. The van der Waals surface area contributed by atoms with Crippen molar-refractivity contribution < 1.29 is 1.37 Å². The molecule has 2 aliphatic carbocycles. The molecule has 0 radical (unpaired) electrons. The second-order valence-corrected chi connectivity index (χ2v) is 9.29. The lowest BCUT2D eigenvalue weighted by Crippen LogP contribution is -2.15. The highest BCUT2D eigenvalue weighted by Crippen LogP contribution is 2.53. The van der Waals surface area contributed by atoms with Crippen LogP contribution in [0.1, 0.15) is 50.6 Å². The predicted octanol–water partition coefficient (Wildman–Crippen LogP) is 8.28. The summed E-state index contributed by atoms with van der Waals surface area (Å²) >= 11 is 0. The molecule has 0 amide bonds.